The summed E-state index contributed by atoms with van der Waals surface area (Å²) in [5.74, 6) is 0.773. The zero-order chi connectivity index (χ0) is 15.4. The summed E-state index contributed by atoms with van der Waals surface area (Å²) < 4.78 is 11.1. The Kier molecular flexibility index (Phi) is 4.10. The number of para-hydroxylation sites is 3. The van der Waals surface area contributed by atoms with Gasteiger partial charge in [-0.2, -0.15) is 0 Å². The van der Waals surface area contributed by atoms with Gasteiger partial charge in [-0.1, -0.05) is 24.3 Å². The summed E-state index contributed by atoms with van der Waals surface area (Å²) in [5.41, 5.74) is 2.04. The Morgan fingerprint density at radius 3 is 2.73 bits per heavy atom. The van der Waals surface area contributed by atoms with Gasteiger partial charge in [0.25, 0.3) is 0 Å². The molecule has 0 aliphatic rings. The molecule has 0 bridgehead atoms. The van der Waals surface area contributed by atoms with Gasteiger partial charge in [0.15, 0.2) is 5.43 Å². The van der Waals surface area contributed by atoms with Gasteiger partial charge in [-0.05, 0) is 31.2 Å². The van der Waals surface area contributed by atoms with Gasteiger partial charge < -0.3 is 14.5 Å². The van der Waals surface area contributed by atoms with Crippen LogP contribution < -0.4 is 15.5 Å². The van der Waals surface area contributed by atoms with E-state index in [9.17, 15) is 4.79 Å². The van der Waals surface area contributed by atoms with E-state index in [1.807, 2.05) is 43.3 Å². The molecule has 0 spiro atoms. The predicted octanol–water partition coefficient (Wildman–Crippen LogP) is 3.80. The Hall–Kier alpha value is -2.75. The molecule has 1 heterocycles. The van der Waals surface area contributed by atoms with Crippen molar-refractivity contribution in [2.24, 2.45) is 0 Å². The van der Waals surface area contributed by atoms with Crippen molar-refractivity contribution in [3.8, 4) is 5.75 Å². The Bertz CT molecular complexity index is 839. The van der Waals surface area contributed by atoms with Crippen LogP contribution >= 0.6 is 0 Å². The molecule has 2 aromatic carbocycles. The highest BCUT2D eigenvalue weighted by Gasteiger charge is 2.07. The van der Waals surface area contributed by atoms with Gasteiger partial charge >= 0.3 is 0 Å². The van der Waals surface area contributed by atoms with Crippen molar-refractivity contribution in [3.05, 3.63) is 70.6 Å². The molecule has 0 aliphatic heterocycles. The van der Waals surface area contributed by atoms with Crippen LogP contribution in [0.15, 0.2) is 64.0 Å². The second kappa shape index (κ2) is 6.35. The molecule has 0 radical (unpaired) electrons. The Labute approximate surface area is 128 Å². The number of rotatable bonds is 5. The van der Waals surface area contributed by atoms with Crippen molar-refractivity contribution in [1.29, 1.82) is 0 Å². The molecule has 0 fully saturated rings. The van der Waals surface area contributed by atoms with Gasteiger partial charge in [0.05, 0.1) is 29.5 Å². The molecule has 3 aromatic rings. The Balaban J connectivity index is 1.86. The quantitative estimate of drug-likeness (QED) is 0.777. The second-order valence-corrected chi connectivity index (χ2v) is 4.87. The van der Waals surface area contributed by atoms with Crippen molar-refractivity contribution in [1.82, 2.24) is 0 Å². The van der Waals surface area contributed by atoms with Crippen molar-refractivity contribution < 1.29 is 9.15 Å². The molecule has 0 atom stereocenters. The van der Waals surface area contributed by atoms with Crippen LogP contribution in [0.25, 0.3) is 11.0 Å². The third-order valence-electron chi connectivity index (χ3n) is 3.41. The topological polar surface area (TPSA) is 51.5 Å². The Morgan fingerprint density at radius 1 is 1.09 bits per heavy atom. The number of hydrogen-bond acceptors (Lipinski definition) is 4. The first-order valence-electron chi connectivity index (χ1n) is 7.24. The third kappa shape index (κ3) is 2.81. The summed E-state index contributed by atoms with van der Waals surface area (Å²) in [6.45, 7) is 2.92. The number of fused-ring (bicyclic) bond motifs is 1. The molecule has 0 unspecified atom stereocenters. The van der Waals surface area contributed by atoms with E-state index in [1.165, 1.54) is 6.26 Å². The lowest BCUT2D eigenvalue weighted by atomic mass is 10.1. The van der Waals surface area contributed by atoms with Gasteiger partial charge in [-0.25, -0.2) is 0 Å². The Morgan fingerprint density at radius 2 is 1.86 bits per heavy atom. The molecule has 0 aliphatic carbocycles. The summed E-state index contributed by atoms with van der Waals surface area (Å²) in [7, 11) is 0. The number of ether oxygens (including phenoxy) is 1. The zero-order valence-corrected chi connectivity index (χ0v) is 12.3. The molecule has 1 N–H and O–H groups in total. The highest BCUT2D eigenvalue weighted by Crippen LogP contribution is 2.24. The highest BCUT2D eigenvalue weighted by molar-refractivity contribution is 5.76. The van der Waals surface area contributed by atoms with E-state index in [1.54, 1.807) is 12.1 Å². The van der Waals surface area contributed by atoms with E-state index in [2.05, 4.69) is 5.32 Å². The van der Waals surface area contributed by atoms with Crippen LogP contribution in [0, 0.1) is 0 Å². The number of benzene rings is 2. The van der Waals surface area contributed by atoms with E-state index >= 15 is 0 Å². The lowest BCUT2D eigenvalue weighted by Crippen LogP contribution is -2.13. The second-order valence-electron chi connectivity index (χ2n) is 4.87. The summed E-state index contributed by atoms with van der Waals surface area (Å²) in [6, 6.07) is 14.9. The van der Waals surface area contributed by atoms with Crippen molar-refractivity contribution >= 4 is 16.7 Å². The minimum atomic E-state index is -0.0109. The van der Waals surface area contributed by atoms with Crippen molar-refractivity contribution in [3.63, 3.8) is 0 Å². The first-order valence-corrected chi connectivity index (χ1v) is 7.24. The molecular weight excluding hydrogens is 278 g/mol. The first kappa shape index (κ1) is 14.2. The lowest BCUT2D eigenvalue weighted by molar-refractivity contribution is 0.341. The molecule has 3 rings (SSSR count). The smallest absolute Gasteiger partial charge is 0.197 e. The maximum atomic E-state index is 12.4. The predicted molar refractivity (Wildman–Crippen MR) is 87.4 cm³/mol. The van der Waals surface area contributed by atoms with Crippen molar-refractivity contribution in [2.75, 3.05) is 11.9 Å². The SMILES string of the molecule is CCOc1ccccc1NCc1coc2ccccc2c1=O. The molecule has 112 valence electrons. The van der Waals surface area contributed by atoms with E-state index in [-0.39, 0.29) is 5.43 Å². The standard InChI is InChI=1S/C18H17NO3/c1-2-21-17-10-6-4-8-15(17)19-11-13-12-22-16-9-5-3-7-14(16)18(13)20/h3-10,12,19H,2,11H2,1H3. The highest BCUT2D eigenvalue weighted by atomic mass is 16.5. The molecule has 22 heavy (non-hydrogen) atoms. The average Bonchev–Trinajstić information content (AvgIpc) is 2.56. The van der Waals surface area contributed by atoms with Gasteiger partial charge in [0, 0.05) is 6.54 Å². The fraction of sp³-hybridized carbons (Fsp3) is 0.167. The van der Waals surface area contributed by atoms with Crippen LogP contribution in [0.5, 0.6) is 5.75 Å². The van der Waals surface area contributed by atoms with Crippen LogP contribution in [0.3, 0.4) is 0 Å². The largest absolute Gasteiger partial charge is 0.492 e. The normalized spacial score (nSPS) is 10.6. The zero-order valence-electron chi connectivity index (χ0n) is 12.3. The number of nitrogens with one attached hydrogen (secondary N) is 1. The van der Waals surface area contributed by atoms with E-state index in [0.717, 1.165) is 11.4 Å². The molecule has 0 saturated heterocycles. The van der Waals surface area contributed by atoms with Gasteiger partial charge in [0.1, 0.15) is 11.3 Å². The fourth-order valence-electron chi connectivity index (χ4n) is 2.32. The monoisotopic (exact) mass is 295 g/mol. The average molecular weight is 295 g/mol. The molecule has 4 heteroatoms. The minimum Gasteiger partial charge on any atom is -0.492 e. The summed E-state index contributed by atoms with van der Waals surface area (Å²) in [6.07, 6.45) is 1.51. The van der Waals surface area contributed by atoms with Crippen LogP contribution in [-0.2, 0) is 6.54 Å². The molecule has 0 amide bonds. The van der Waals surface area contributed by atoms with Gasteiger partial charge in [-0.15, -0.1) is 0 Å². The molecular formula is C18H17NO3. The van der Waals surface area contributed by atoms with Crippen molar-refractivity contribution in [2.45, 2.75) is 13.5 Å². The number of hydrogen-bond donors (Lipinski definition) is 1. The fourth-order valence-corrected chi connectivity index (χ4v) is 2.32. The maximum Gasteiger partial charge on any atom is 0.197 e. The van der Waals surface area contributed by atoms with E-state index in [4.69, 9.17) is 9.15 Å². The number of anilines is 1. The van der Waals surface area contributed by atoms with Gasteiger partial charge in [-0.3, -0.25) is 4.79 Å². The van der Waals surface area contributed by atoms with Crippen LogP contribution in [0.4, 0.5) is 5.69 Å². The molecule has 4 nitrogen and oxygen atoms in total. The van der Waals surface area contributed by atoms with Crippen LogP contribution in [-0.4, -0.2) is 6.61 Å². The van der Waals surface area contributed by atoms with Crippen LogP contribution in [0.2, 0.25) is 0 Å². The summed E-state index contributed by atoms with van der Waals surface area (Å²) >= 11 is 0. The summed E-state index contributed by atoms with van der Waals surface area (Å²) in [4.78, 5) is 12.4. The van der Waals surface area contributed by atoms with Crippen LogP contribution in [0.1, 0.15) is 12.5 Å². The summed E-state index contributed by atoms with van der Waals surface area (Å²) in [5, 5.41) is 3.83. The minimum absolute atomic E-state index is 0.0109. The van der Waals surface area contributed by atoms with E-state index < -0.39 is 0 Å². The molecule has 0 saturated carbocycles. The van der Waals surface area contributed by atoms with E-state index in [0.29, 0.717) is 29.7 Å². The maximum absolute atomic E-state index is 12.4. The first-order chi connectivity index (χ1) is 10.8. The molecule has 1 aromatic heterocycles. The lowest BCUT2D eigenvalue weighted by Gasteiger charge is -2.11. The van der Waals surface area contributed by atoms with Gasteiger partial charge in [0.2, 0.25) is 0 Å². The third-order valence-corrected chi connectivity index (χ3v) is 3.41.